The summed E-state index contributed by atoms with van der Waals surface area (Å²) in [5, 5.41) is 0. The summed E-state index contributed by atoms with van der Waals surface area (Å²) in [6.45, 7) is 0. The molecule has 0 spiro atoms. The van der Waals surface area contributed by atoms with E-state index in [0.29, 0.717) is 0 Å². The minimum atomic E-state index is -4.92. The number of hydrogen-bond acceptors (Lipinski definition) is 3. The molecule has 12 nitrogen and oxygen atoms in total. The molecule has 0 aliphatic heterocycles. The van der Waals surface area contributed by atoms with Crippen molar-refractivity contribution >= 4 is 23.9 Å². The van der Waals surface area contributed by atoms with Crippen molar-refractivity contribution in [2.75, 3.05) is 0 Å². The zero-order valence-electron chi connectivity index (χ0n) is 7.79. The van der Waals surface area contributed by atoms with Gasteiger partial charge in [-0.15, -0.1) is 0 Å². The molecule has 0 atom stereocenters. The average Bonchev–Trinajstić information content (AvgIpc) is 0.722. The smallest absolute Gasteiger partial charge is 2.00 e. The van der Waals surface area contributed by atoms with E-state index in [1.54, 1.807) is 0 Å². The van der Waals surface area contributed by atoms with Crippen LogP contribution in [-0.2, 0) is 41.0 Å². The molecule has 0 rings (SSSR count). The minimum Gasteiger partial charge on any atom is -2.00 e. The van der Waals surface area contributed by atoms with E-state index in [2.05, 4.69) is 0 Å². The van der Waals surface area contributed by atoms with E-state index in [-0.39, 0.29) is 104 Å². The van der Waals surface area contributed by atoms with E-state index in [1.807, 2.05) is 0 Å². The normalized spacial score (nSPS) is 3.62. The van der Waals surface area contributed by atoms with Crippen LogP contribution in [0.5, 0.6) is 0 Å². The third kappa shape index (κ3) is 1590. The van der Waals surface area contributed by atoms with Crippen LogP contribution >= 0.6 is 0 Å². The first-order valence-electron chi connectivity index (χ1n) is 0.683. The van der Waals surface area contributed by atoms with Crippen LogP contribution in [0, 0.1) is 0 Å². The molecule has 0 unspecified atom stereocenters. The largest absolute Gasteiger partial charge is 2.00 e. The predicted octanol–water partition coefficient (Wildman–Crippen LogP) is -10.6. The molecule has 0 saturated carbocycles. The summed E-state index contributed by atoms with van der Waals surface area (Å²) in [5.74, 6) is 0. The van der Waals surface area contributed by atoms with Crippen LogP contribution in [0.1, 0.15) is 0 Å². The van der Waals surface area contributed by atoms with Gasteiger partial charge in [0.25, 0.3) is 0 Å². The van der Waals surface area contributed by atoms with Gasteiger partial charge in [0.15, 0.2) is 0 Å². The fourth-order valence-electron chi connectivity index (χ4n) is 0. The SMILES string of the molecule is O.O.O.O.O.O.O.O.O=S(=O)([O-])O.[Cu+2].[Na+].[S-2]. The Kier molecular flexibility index (Phi) is 709. The summed E-state index contributed by atoms with van der Waals surface area (Å²) >= 11 is 0. The van der Waals surface area contributed by atoms with Crippen LogP contribution in [0.3, 0.4) is 0 Å². The molecular weight excluding hydrogens is 343 g/mol. The fourth-order valence-corrected chi connectivity index (χ4v) is 0. The van der Waals surface area contributed by atoms with Gasteiger partial charge in [0.2, 0.25) is 10.4 Å². The summed E-state index contributed by atoms with van der Waals surface area (Å²) in [6.07, 6.45) is 0. The Morgan fingerprint density at radius 1 is 0.750 bits per heavy atom. The Hall–Kier alpha value is 1.42. The van der Waals surface area contributed by atoms with Gasteiger partial charge in [-0.2, -0.15) is 0 Å². The quantitative estimate of drug-likeness (QED) is 0.249. The maximum Gasteiger partial charge on any atom is 2.00 e. The van der Waals surface area contributed by atoms with Crippen LogP contribution in [-0.4, -0.2) is 61.3 Å². The summed E-state index contributed by atoms with van der Waals surface area (Å²) in [4.78, 5) is 0. The first-order valence-corrected chi connectivity index (χ1v) is 2.05. The zero-order valence-corrected chi connectivity index (χ0v) is 12.4. The molecule has 16 heteroatoms. The van der Waals surface area contributed by atoms with Gasteiger partial charge in [-0.3, -0.25) is 4.55 Å². The Morgan fingerprint density at radius 3 is 0.750 bits per heavy atom. The van der Waals surface area contributed by atoms with Crippen LogP contribution < -0.4 is 29.6 Å². The summed E-state index contributed by atoms with van der Waals surface area (Å²) in [7, 11) is -4.92. The maximum absolute atomic E-state index is 8.63. The number of hydrogen-bond donors (Lipinski definition) is 1. The molecule has 0 aromatic carbocycles. The van der Waals surface area contributed by atoms with Crippen molar-refractivity contribution in [3.8, 4) is 0 Å². The zero-order chi connectivity index (χ0) is 4.50. The second-order valence-corrected chi connectivity index (χ2v) is 1.28. The Bertz CT molecular complexity index is 102. The topological polar surface area (TPSA) is 329 Å². The van der Waals surface area contributed by atoms with Crippen molar-refractivity contribution < 1.29 is 108 Å². The summed E-state index contributed by atoms with van der Waals surface area (Å²) < 4.78 is 32.8. The van der Waals surface area contributed by atoms with Crippen molar-refractivity contribution in [2.24, 2.45) is 0 Å². The Morgan fingerprint density at radius 2 is 0.750 bits per heavy atom. The third-order valence-electron chi connectivity index (χ3n) is 0. The third-order valence-corrected chi connectivity index (χ3v) is 0. The molecule has 0 amide bonds. The molecule has 0 fully saturated rings. The van der Waals surface area contributed by atoms with E-state index in [9.17, 15) is 0 Å². The van der Waals surface area contributed by atoms with E-state index in [1.165, 1.54) is 0 Å². The van der Waals surface area contributed by atoms with E-state index in [0.717, 1.165) is 0 Å². The number of rotatable bonds is 0. The van der Waals surface area contributed by atoms with Gasteiger partial charge in [-0.1, -0.05) is 0 Å². The van der Waals surface area contributed by atoms with Crippen LogP contribution in [0.2, 0.25) is 0 Å². The molecule has 113 valence electrons. The maximum atomic E-state index is 8.63. The standard InChI is InChI=1S/Cu.Na.H2O4S.8H2O.S/c;;1-5(2,3)4;;;;;;;;;/h;;(H2,1,2,3,4);8*1H2;/q+2;+1;;;;;;;;;;-2/p-1. The van der Waals surface area contributed by atoms with Gasteiger partial charge in [0.05, 0.1) is 0 Å². The molecule has 0 aliphatic rings. The van der Waals surface area contributed by atoms with Crippen LogP contribution in [0.4, 0.5) is 0 Å². The van der Waals surface area contributed by atoms with E-state index in [4.69, 9.17) is 17.5 Å². The van der Waals surface area contributed by atoms with Crippen molar-refractivity contribution in [2.45, 2.75) is 0 Å². The van der Waals surface area contributed by atoms with E-state index >= 15 is 0 Å². The molecule has 0 aromatic heterocycles. The molecule has 0 aromatic rings. The second kappa shape index (κ2) is 70.9. The van der Waals surface area contributed by atoms with Gasteiger partial charge in [0.1, 0.15) is 0 Å². The monoisotopic (exact) mass is 359 g/mol. The van der Waals surface area contributed by atoms with Crippen molar-refractivity contribution in [3.05, 3.63) is 0 Å². The molecule has 16 heavy (non-hydrogen) atoms. The molecule has 0 aliphatic carbocycles. The molecule has 0 saturated heterocycles. The van der Waals surface area contributed by atoms with E-state index < -0.39 is 10.4 Å². The predicted molar refractivity (Wildman–Crippen MR) is 48.6 cm³/mol. The Balaban J connectivity index is -0.00000000145. The first kappa shape index (κ1) is 160. The van der Waals surface area contributed by atoms with Crippen molar-refractivity contribution in [3.63, 3.8) is 0 Å². The van der Waals surface area contributed by atoms with Crippen LogP contribution in [0.15, 0.2) is 0 Å². The van der Waals surface area contributed by atoms with Gasteiger partial charge in [-0.25, -0.2) is 8.42 Å². The van der Waals surface area contributed by atoms with Gasteiger partial charge < -0.3 is 61.9 Å². The first-order chi connectivity index (χ1) is 2.00. The molecule has 0 heterocycles. The molecule has 17 N–H and O–H groups in total. The summed E-state index contributed by atoms with van der Waals surface area (Å²) in [5.41, 5.74) is 0. The minimum absolute atomic E-state index is 0. The van der Waals surface area contributed by atoms with Crippen molar-refractivity contribution in [1.82, 2.24) is 0 Å². The van der Waals surface area contributed by atoms with Gasteiger partial charge in [0, 0.05) is 0 Å². The van der Waals surface area contributed by atoms with Crippen molar-refractivity contribution in [1.29, 1.82) is 0 Å². The fraction of sp³-hybridized carbons (Fsp3) is 0. The molecule has 0 bridgehead atoms. The van der Waals surface area contributed by atoms with Gasteiger partial charge >= 0.3 is 46.6 Å². The Labute approximate surface area is 131 Å². The molecule has 1 radical (unpaired) electrons. The second-order valence-electron chi connectivity index (χ2n) is 0.428. The summed E-state index contributed by atoms with van der Waals surface area (Å²) in [6, 6.07) is 0. The molecular formula is H17CuNaO12S2. The van der Waals surface area contributed by atoms with Crippen LogP contribution in [0.25, 0.3) is 0 Å². The average molecular weight is 360 g/mol. The van der Waals surface area contributed by atoms with Gasteiger partial charge in [-0.05, 0) is 0 Å².